The molecule has 0 radical (unpaired) electrons. The molecule has 0 aliphatic carbocycles. The lowest BCUT2D eigenvalue weighted by Crippen LogP contribution is -2.35. The van der Waals surface area contributed by atoms with E-state index in [1.54, 1.807) is 30.3 Å². The summed E-state index contributed by atoms with van der Waals surface area (Å²) in [5.74, 6) is -0.371. The molecule has 21 heavy (non-hydrogen) atoms. The van der Waals surface area contributed by atoms with Crippen LogP contribution >= 0.6 is 0 Å². The molecule has 1 aromatic heterocycles. The van der Waals surface area contributed by atoms with Gasteiger partial charge in [-0.15, -0.1) is 0 Å². The summed E-state index contributed by atoms with van der Waals surface area (Å²) < 4.78 is 10.2. The Kier molecular flexibility index (Phi) is 4.61. The van der Waals surface area contributed by atoms with E-state index in [2.05, 4.69) is 5.32 Å². The molecule has 3 N–H and O–H groups in total. The number of rotatable bonds is 5. The Morgan fingerprint density at radius 3 is 2.81 bits per heavy atom. The lowest BCUT2D eigenvalue weighted by atomic mass is 10.2. The summed E-state index contributed by atoms with van der Waals surface area (Å²) in [5, 5.41) is 2.62. The average molecular weight is 288 g/mol. The van der Waals surface area contributed by atoms with E-state index in [9.17, 15) is 9.59 Å². The van der Waals surface area contributed by atoms with Gasteiger partial charge >= 0.3 is 5.97 Å². The van der Waals surface area contributed by atoms with E-state index in [0.717, 1.165) is 0 Å². The van der Waals surface area contributed by atoms with Gasteiger partial charge in [0.1, 0.15) is 5.76 Å². The summed E-state index contributed by atoms with van der Waals surface area (Å²) in [6, 6.07) is 9.85. The SMILES string of the molecule is CC(OC(=O)c1cccc(N)c1)C(=O)NCc1ccco1. The maximum Gasteiger partial charge on any atom is 0.338 e. The fourth-order valence-corrected chi connectivity index (χ4v) is 1.68. The highest BCUT2D eigenvalue weighted by molar-refractivity contribution is 5.92. The highest BCUT2D eigenvalue weighted by atomic mass is 16.5. The standard InChI is InChI=1S/C15H16N2O4/c1-10(14(18)17-9-13-6-3-7-20-13)21-15(19)11-4-2-5-12(16)8-11/h2-8,10H,9,16H2,1H3,(H,17,18). The number of benzene rings is 1. The van der Waals surface area contributed by atoms with Crippen molar-refractivity contribution in [3.05, 3.63) is 54.0 Å². The summed E-state index contributed by atoms with van der Waals surface area (Å²) in [6.07, 6.45) is 0.610. The van der Waals surface area contributed by atoms with Crippen LogP contribution in [0.5, 0.6) is 0 Å². The number of hydrogen-bond acceptors (Lipinski definition) is 5. The van der Waals surface area contributed by atoms with Crippen LogP contribution < -0.4 is 11.1 Å². The normalized spacial score (nSPS) is 11.7. The van der Waals surface area contributed by atoms with E-state index in [1.165, 1.54) is 19.3 Å². The number of ether oxygens (including phenoxy) is 1. The third kappa shape index (κ3) is 4.10. The number of nitrogen functional groups attached to an aromatic ring is 1. The number of hydrogen-bond donors (Lipinski definition) is 2. The van der Waals surface area contributed by atoms with Gasteiger partial charge < -0.3 is 20.2 Å². The zero-order valence-electron chi connectivity index (χ0n) is 11.5. The largest absolute Gasteiger partial charge is 0.467 e. The van der Waals surface area contributed by atoms with Gasteiger partial charge in [-0.2, -0.15) is 0 Å². The van der Waals surface area contributed by atoms with Crippen molar-refractivity contribution >= 4 is 17.6 Å². The smallest absolute Gasteiger partial charge is 0.338 e. The van der Waals surface area contributed by atoms with E-state index >= 15 is 0 Å². The fourth-order valence-electron chi connectivity index (χ4n) is 1.68. The molecule has 110 valence electrons. The van der Waals surface area contributed by atoms with Crippen LogP contribution in [0, 0.1) is 0 Å². The van der Waals surface area contributed by atoms with Crippen molar-refractivity contribution in [2.45, 2.75) is 19.6 Å². The van der Waals surface area contributed by atoms with Crippen LogP contribution in [0.2, 0.25) is 0 Å². The van der Waals surface area contributed by atoms with Gasteiger partial charge in [0.05, 0.1) is 18.4 Å². The van der Waals surface area contributed by atoms with E-state index in [-0.39, 0.29) is 6.54 Å². The fraction of sp³-hybridized carbons (Fsp3) is 0.200. The van der Waals surface area contributed by atoms with Crippen LogP contribution in [-0.2, 0) is 16.1 Å². The zero-order chi connectivity index (χ0) is 15.2. The van der Waals surface area contributed by atoms with Crippen molar-refractivity contribution in [3.63, 3.8) is 0 Å². The van der Waals surface area contributed by atoms with E-state index < -0.39 is 18.0 Å². The minimum atomic E-state index is -0.908. The number of nitrogens with one attached hydrogen (secondary N) is 1. The Hall–Kier alpha value is -2.76. The Balaban J connectivity index is 1.86. The number of esters is 1. The molecule has 1 aromatic carbocycles. The molecule has 1 heterocycles. The molecule has 2 rings (SSSR count). The average Bonchev–Trinajstić information content (AvgIpc) is 2.97. The monoisotopic (exact) mass is 288 g/mol. The Bertz CT molecular complexity index is 622. The molecule has 0 aliphatic heterocycles. The predicted molar refractivity (Wildman–Crippen MR) is 76.3 cm³/mol. The molecule has 6 nitrogen and oxygen atoms in total. The molecule has 6 heteroatoms. The van der Waals surface area contributed by atoms with Crippen LogP contribution in [0.1, 0.15) is 23.0 Å². The molecular formula is C15H16N2O4. The first kappa shape index (κ1) is 14.6. The Labute approximate surface area is 121 Å². The van der Waals surface area contributed by atoms with Gasteiger partial charge in [0.25, 0.3) is 5.91 Å². The molecule has 2 aromatic rings. The minimum absolute atomic E-state index is 0.242. The maximum atomic E-state index is 11.9. The predicted octanol–water partition coefficient (Wildman–Crippen LogP) is 1.72. The van der Waals surface area contributed by atoms with Crippen molar-refractivity contribution in [3.8, 4) is 0 Å². The number of carbonyl (C=O) groups excluding carboxylic acids is 2. The number of nitrogens with two attached hydrogens (primary N) is 1. The highest BCUT2D eigenvalue weighted by Gasteiger charge is 2.18. The van der Waals surface area contributed by atoms with Gasteiger partial charge in [-0.25, -0.2) is 4.79 Å². The maximum absolute atomic E-state index is 11.9. The van der Waals surface area contributed by atoms with Crippen LogP contribution in [-0.4, -0.2) is 18.0 Å². The van der Waals surface area contributed by atoms with Gasteiger partial charge in [0, 0.05) is 5.69 Å². The molecule has 0 fully saturated rings. The topological polar surface area (TPSA) is 94.6 Å². The second-order valence-corrected chi connectivity index (χ2v) is 4.47. The van der Waals surface area contributed by atoms with Crippen molar-refractivity contribution in [2.24, 2.45) is 0 Å². The summed E-state index contributed by atoms with van der Waals surface area (Å²) >= 11 is 0. The van der Waals surface area contributed by atoms with Gasteiger partial charge in [0.15, 0.2) is 6.10 Å². The number of anilines is 1. The van der Waals surface area contributed by atoms with E-state index in [4.69, 9.17) is 14.9 Å². The van der Waals surface area contributed by atoms with Crippen LogP contribution in [0.15, 0.2) is 47.1 Å². The first-order valence-electron chi connectivity index (χ1n) is 6.43. The van der Waals surface area contributed by atoms with Crippen molar-refractivity contribution < 1.29 is 18.7 Å². The van der Waals surface area contributed by atoms with Crippen molar-refractivity contribution in [2.75, 3.05) is 5.73 Å². The second kappa shape index (κ2) is 6.60. The van der Waals surface area contributed by atoms with Gasteiger partial charge in [-0.1, -0.05) is 6.07 Å². The van der Waals surface area contributed by atoms with Crippen LogP contribution in [0.3, 0.4) is 0 Å². The van der Waals surface area contributed by atoms with Crippen molar-refractivity contribution in [1.82, 2.24) is 5.32 Å². The summed E-state index contributed by atoms with van der Waals surface area (Å²) in [6.45, 7) is 1.74. The number of amides is 1. The quantitative estimate of drug-likeness (QED) is 0.645. The number of carbonyl (C=O) groups is 2. The molecule has 0 bridgehead atoms. The first-order chi connectivity index (χ1) is 10.1. The van der Waals surface area contributed by atoms with Crippen LogP contribution in [0.4, 0.5) is 5.69 Å². The Morgan fingerprint density at radius 1 is 1.33 bits per heavy atom. The van der Waals surface area contributed by atoms with E-state index in [1.807, 2.05) is 0 Å². The molecule has 0 aliphatic rings. The lowest BCUT2D eigenvalue weighted by molar-refractivity contribution is -0.129. The third-order valence-electron chi connectivity index (χ3n) is 2.79. The number of furan rings is 1. The summed E-state index contributed by atoms with van der Waals surface area (Å²) in [4.78, 5) is 23.7. The second-order valence-electron chi connectivity index (χ2n) is 4.47. The van der Waals surface area contributed by atoms with Gasteiger partial charge in [-0.3, -0.25) is 4.79 Å². The molecule has 0 saturated heterocycles. The summed E-state index contributed by atoms with van der Waals surface area (Å²) in [7, 11) is 0. The molecule has 1 atom stereocenters. The molecular weight excluding hydrogens is 272 g/mol. The van der Waals surface area contributed by atoms with Gasteiger partial charge in [-0.05, 0) is 37.3 Å². The van der Waals surface area contributed by atoms with E-state index in [0.29, 0.717) is 17.0 Å². The zero-order valence-corrected chi connectivity index (χ0v) is 11.5. The molecule has 1 unspecified atom stereocenters. The molecule has 0 saturated carbocycles. The van der Waals surface area contributed by atoms with Crippen molar-refractivity contribution in [1.29, 1.82) is 0 Å². The third-order valence-corrected chi connectivity index (χ3v) is 2.79. The summed E-state index contributed by atoms with van der Waals surface area (Å²) in [5.41, 5.74) is 6.36. The Morgan fingerprint density at radius 2 is 2.14 bits per heavy atom. The van der Waals surface area contributed by atoms with Gasteiger partial charge in [0.2, 0.25) is 0 Å². The highest BCUT2D eigenvalue weighted by Crippen LogP contribution is 2.09. The first-order valence-corrected chi connectivity index (χ1v) is 6.43. The molecule has 0 spiro atoms. The lowest BCUT2D eigenvalue weighted by Gasteiger charge is -2.13. The van der Waals surface area contributed by atoms with Crippen LogP contribution in [0.25, 0.3) is 0 Å². The minimum Gasteiger partial charge on any atom is -0.467 e. The molecule has 1 amide bonds.